The lowest BCUT2D eigenvalue weighted by Gasteiger charge is -2.33. The number of aromatic nitrogens is 2. The first-order valence-electron chi connectivity index (χ1n) is 10.9. The SMILES string of the molecule is C=N[C@H]1CCCN(c2ccncc2N/C(=C2/CO2)c2nc(-c3ccccc3F)sc2NC)C1. The van der Waals surface area contributed by atoms with E-state index in [1.54, 1.807) is 18.3 Å². The Morgan fingerprint density at radius 2 is 2.18 bits per heavy atom. The summed E-state index contributed by atoms with van der Waals surface area (Å²) in [5.74, 6) is 0.520. The minimum Gasteiger partial charge on any atom is -0.484 e. The fraction of sp³-hybridized carbons (Fsp3) is 0.292. The van der Waals surface area contributed by atoms with Gasteiger partial charge in [-0.15, -0.1) is 0 Å². The third kappa shape index (κ3) is 4.41. The van der Waals surface area contributed by atoms with E-state index in [0.29, 0.717) is 22.9 Å². The van der Waals surface area contributed by atoms with Crippen molar-refractivity contribution < 1.29 is 9.13 Å². The van der Waals surface area contributed by atoms with Crippen molar-refractivity contribution in [3.05, 3.63) is 60.0 Å². The van der Waals surface area contributed by atoms with Crippen molar-refractivity contribution in [2.45, 2.75) is 18.9 Å². The van der Waals surface area contributed by atoms with E-state index in [9.17, 15) is 4.39 Å². The van der Waals surface area contributed by atoms with Crippen LogP contribution in [0.25, 0.3) is 16.3 Å². The first-order chi connectivity index (χ1) is 16.2. The summed E-state index contributed by atoms with van der Waals surface area (Å²) in [6.45, 7) is 6.03. The molecule has 2 aliphatic rings. The normalized spacial score (nSPS) is 19.0. The maximum atomic E-state index is 14.4. The van der Waals surface area contributed by atoms with Crippen molar-refractivity contribution in [3.8, 4) is 10.6 Å². The van der Waals surface area contributed by atoms with E-state index in [2.05, 4.69) is 32.2 Å². The Hall–Kier alpha value is -3.46. The molecule has 2 aromatic heterocycles. The van der Waals surface area contributed by atoms with Gasteiger partial charge in [-0.2, -0.15) is 0 Å². The second-order valence-corrected chi connectivity index (χ2v) is 8.95. The van der Waals surface area contributed by atoms with E-state index in [-0.39, 0.29) is 11.9 Å². The van der Waals surface area contributed by atoms with Gasteiger partial charge < -0.3 is 20.3 Å². The summed E-state index contributed by atoms with van der Waals surface area (Å²) in [6.07, 6.45) is 5.72. The van der Waals surface area contributed by atoms with E-state index in [1.165, 1.54) is 17.4 Å². The van der Waals surface area contributed by atoms with Crippen LogP contribution in [0.5, 0.6) is 0 Å². The van der Waals surface area contributed by atoms with Gasteiger partial charge in [0.15, 0.2) is 5.76 Å². The van der Waals surface area contributed by atoms with Crippen LogP contribution in [0.15, 0.2) is 53.5 Å². The molecule has 9 heteroatoms. The van der Waals surface area contributed by atoms with Crippen molar-refractivity contribution in [1.82, 2.24) is 9.97 Å². The number of aliphatic imine (C=N–C) groups is 1. The van der Waals surface area contributed by atoms with Crippen LogP contribution >= 0.6 is 11.3 Å². The Labute approximate surface area is 196 Å². The average molecular weight is 465 g/mol. The maximum absolute atomic E-state index is 14.4. The summed E-state index contributed by atoms with van der Waals surface area (Å²) >= 11 is 1.41. The van der Waals surface area contributed by atoms with Crippen LogP contribution in [0.2, 0.25) is 0 Å². The van der Waals surface area contributed by atoms with Gasteiger partial charge in [-0.3, -0.25) is 9.98 Å². The summed E-state index contributed by atoms with van der Waals surface area (Å²) in [7, 11) is 1.84. The van der Waals surface area contributed by atoms with Crippen LogP contribution in [0.4, 0.5) is 20.8 Å². The van der Waals surface area contributed by atoms with Crippen LogP contribution in [0.3, 0.4) is 0 Å². The van der Waals surface area contributed by atoms with Gasteiger partial charge in [0, 0.05) is 31.9 Å². The number of benzene rings is 1. The van der Waals surface area contributed by atoms with Crippen LogP contribution in [-0.2, 0) is 4.74 Å². The third-order valence-electron chi connectivity index (χ3n) is 5.82. The average Bonchev–Trinajstić information content (AvgIpc) is 3.61. The Morgan fingerprint density at radius 3 is 2.94 bits per heavy atom. The number of pyridine rings is 1. The number of nitrogens with one attached hydrogen (secondary N) is 2. The highest BCUT2D eigenvalue weighted by molar-refractivity contribution is 7.19. The number of anilines is 3. The molecule has 2 saturated heterocycles. The lowest BCUT2D eigenvalue weighted by molar-refractivity contribution is 0.509. The summed E-state index contributed by atoms with van der Waals surface area (Å²) in [6, 6.07) is 8.91. The minimum atomic E-state index is -0.296. The molecular formula is C24H25FN6OS. The number of halogens is 1. The van der Waals surface area contributed by atoms with Gasteiger partial charge in [-0.05, 0) is 37.8 Å². The zero-order chi connectivity index (χ0) is 22.8. The fourth-order valence-corrected chi connectivity index (χ4v) is 5.02. The molecule has 0 radical (unpaired) electrons. The molecule has 2 fully saturated rings. The first kappa shape index (κ1) is 21.4. The summed E-state index contributed by atoms with van der Waals surface area (Å²) in [5.41, 5.74) is 3.86. The fourth-order valence-electron chi connectivity index (χ4n) is 4.07. The van der Waals surface area contributed by atoms with Gasteiger partial charge in [-0.25, -0.2) is 9.37 Å². The van der Waals surface area contributed by atoms with E-state index >= 15 is 0 Å². The number of nitrogens with zero attached hydrogens (tertiary/aromatic N) is 4. The highest BCUT2D eigenvalue weighted by Crippen LogP contribution is 2.41. The molecule has 0 unspecified atom stereocenters. The van der Waals surface area contributed by atoms with E-state index < -0.39 is 0 Å². The molecule has 1 aromatic carbocycles. The summed E-state index contributed by atoms with van der Waals surface area (Å²) < 4.78 is 20.0. The van der Waals surface area contributed by atoms with Crippen LogP contribution < -0.4 is 15.5 Å². The molecule has 2 aliphatic heterocycles. The molecule has 5 rings (SSSR count). The van der Waals surface area contributed by atoms with Crippen molar-refractivity contribution in [1.29, 1.82) is 0 Å². The molecule has 3 aromatic rings. The van der Waals surface area contributed by atoms with Crippen LogP contribution in [0.1, 0.15) is 18.5 Å². The Bertz CT molecular complexity index is 1200. The van der Waals surface area contributed by atoms with Crippen molar-refractivity contribution in [3.63, 3.8) is 0 Å². The zero-order valence-electron chi connectivity index (χ0n) is 18.3. The molecule has 1 atom stereocenters. The molecule has 7 nitrogen and oxygen atoms in total. The van der Waals surface area contributed by atoms with Crippen molar-refractivity contribution >= 4 is 40.1 Å². The lowest BCUT2D eigenvalue weighted by atomic mass is 10.1. The summed E-state index contributed by atoms with van der Waals surface area (Å²) in [4.78, 5) is 15.7. The van der Waals surface area contributed by atoms with Crippen molar-refractivity contribution in [2.24, 2.45) is 4.99 Å². The highest BCUT2D eigenvalue weighted by atomic mass is 32.1. The zero-order valence-corrected chi connectivity index (χ0v) is 19.2. The van der Waals surface area contributed by atoms with Crippen LogP contribution in [-0.4, -0.2) is 49.5 Å². The lowest BCUT2D eigenvalue weighted by Crippen LogP contribution is -2.37. The van der Waals surface area contributed by atoms with E-state index in [4.69, 9.17) is 9.72 Å². The van der Waals surface area contributed by atoms with Gasteiger partial charge >= 0.3 is 0 Å². The van der Waals surface area contributed by atoms with Gasteiger partial charge in [0.05, 0.1) is 23.6 Å². The standard InChI is InChI=1S/C24H25FN6OS/c1-26-15-6-5-11-31(13-15)19-9-10-28-12-18(19)29-21(20-14-32-20)22-24(27-2)33-23(30-22)16-7-3-4-8-17(16)25/h3-4,7-10,12,15,27,29H,1,5-6,11,13-14H2,2H3/b21-20-/t15-/m0/s1. The molecule has 0 amide bonds. The number of ether oxygens (including phenoxy) is 1. The second kappa shape index (κ2) is 9.19. The van der Waals surface area contributed by atoms with E-state index in [0.717, 1.165) is 53.8 Å². The molecule has 0 bridgehead atoms. The number of thiazole rings is 1. The number of hydrogen-bond donors (Lipinski definition) is 2. The Morgan fingerprint density at radius 1 is 1.33 bits per heavy atom. The van der Waals surface area contributed by atoms with Crippen molar-refractivity contribution in [2.75, 3.05) is 42.3 Å². The quantitative estimate of drug-likeness (QED) is 0.384. The topological polar surface area (TPSA) is 78.0 Å². The van der Waals surface area contributed by atoms with E-state index in [1.807, 2.05) is 25.4 Å². The second-order valence-electron chi connectivity index (χ2n) is 7.96. The Kier molecular flexibility index (Phi) is 5.95. The van der Waals surface area contributed by atoms with Gasteiger partial charge in [-0.1, -0.05) is 23.5 Å². The third-order valence-corrected chi connectivity index (χ3v) is 6.92. The molecule has 2 N–H and O–H groups in total. The first-order valence-corrected chi connectivity index (χ1v) is 11.7. The predicted molar refractivity (Wildman–Crippen MR) is 133 cm³/mol. The highest BCUT2D eigenvalue weighted by Gasteiger charge is 2.29. The molecule has 4 heterocycles. The molecule has 170 valence electrons. The number of piperidine rings is 1. The molecule has 0 saturated carbocycles. The number of epoxide rings is 1. The number of rotatable bonds is 7. The van der Waals surface area contributed by atoms with Crippen LogP contribution in [0, 0.1) is 5.82 Å². The van der Waals surface area contributed by atoms with Gasteiger partial charge in [0.1, 0.15) is 33.8 Å². The minimum absolute atomic E-state index is 0.224. The predicted octanol–water partition coefficient (Wildman–Crippen LogP) is 4.87. The Balaban J connectivity index is 1.50. The molecule has 33 heavy (non-hydrogen) atoms. The van der Waals surface area contributed by atoms with Gasteiger partial charge in [0.25, 0.3) is 0 Å². The molecular weight excluding hydrogens is 439 g/mol. The smallest absolute Gasteiger partial charge is 0.160 e. The summed E-state index contributed by atoms with van der Waals surface area (Å²) in [5, 5.41) is 8.17. The molecule has 0 aliphatic carbocycles. The maximum Gasteiger partial charge on any atom is 0.160 e. The van der Waals surface area contributed by atoms with Gasteiger partial charge in [0.2, 0.25) is 0 Å². The number of hydrogen-bond acceptors (Lipinski definition) is 8. The largest absolute Gasteiger partial charge is 0.484 e. The monoisotopic (exact) mass is 464 g/mol. The molecule has 0 spiro atoms.